The van der Waals surface area contributed by atoms with Crippen molar-refractivity contribution in [1.82, 2.24) is 13.9 Å². The first-order valence-electron chi connectivity index (χ1n) is 9.55. The first kappa shape index (κ1) is 21.7. The van der Waals surface area contributed by atoms with Gasteiger partial charge in [0.25, 0.3) is 10.0 Å². The van der Waals surface area contributed by atoms with E-state index in [1.54, 1.807) is 23.7 Å². The number of sulfonamides is 1. The van der Waals surface area contributed by atoms with Gasteiger partial charge in [-0.15, -0.1) is 0 Å². The zero-order valence-electron chi connectivity index (χ0n) is 16.6. The van der Waals surface area contributed by atoms with Crippen molar-refractivity contribution in [3.05, 3.63) is 77.2 Å². The lowest BCUT2D eigenvalue weighted by molar-refractivity contribution is 0.244. The van der Waals surface area contributed by atoms with Gasteiger partial charge in [-0.25, -0.2) is 22.2 Å². The SMILES string of the molecule is Cn1cnc(S(=O)(=O)N2C[C@@H](COc3ccc(F)c(Cl)c3)[C@H](c3ccc(F)cc3)C2)c1. The van der Waals surface area contributed by atoms with Crippen molar-refractivity contribution in [1.29, 1.82) is 0 Å². The maximum atomic E-state index is 13.4. The van der Waals surface area contributed by atoms with Crippen LogP contribution in [0.1, 0.15) is 11.5 Å². The van der Waals surface area contributed by atoms with Gasteiger partial charge in [0.05, 0.1) is 18.0 Å². The molecule has 10 heteroatoms. The second-order valence-electron chi connectivity index (χ2n) is 7.50. The average Bonchev–Trinajstić information content (AvgIpc) is 3.37. The summed E-state index contributed by atoms with van der Waals surface area (Å²) in [5.41, 5.74) is 0.811. The zero-order chi connectivity index (χ0) is 22.2. The van der Waals surface area contributed by atoms with Gasteiger partial charge in [0.15, 0.2) is 5.03 Å². The lowest BCUT2D eigenvalue weighted by atomic mass is 9.89. The largest absolute Gasteiger partial charge is 0.493 e. The maximum absolute atomic E-state index is 13.4. The summed E-state index contributed by atoms with van der Waals surface area (Å²) in [4.78, 5) is 3.98. The number of aryl methyl sites for hydroxylation is 1. The predicted molar refractivity (Wildman–Crippen MR) is 112 cm³/mol. The summed E-state index contributed by atoms with van der Waals surface area (Å²) < 4.78 is 61.7. The molecule has 0 unspecified atom stereocenters. The number of hydrogen-bond donors (Lipinski definition) is 0. The van der Waals surface area contributed by atoms with Crippen LogP contribution in [0.2, 0.25) is 5.02 Å². The van der Waals surface area contributed by atoms with E-state index in [2.05, 4.69) is 4.98 Å². The van der Waals surface area contributed by atoms with Gasteiger partial charge in [0.1, 0.15) is 17.4 Å². The summed E-state index contributed by atoms with van der Waals surface area (Å²) in [5.74, 6) is -0.960. The van der Waals surface area contributed by atoms with E-state index in [-0.39, 0.29) is 47.4 Å². The molecule has 1 aromatic heterocycles. The topological polar surface area (TPSA) is 64.4 Å². The Morgan fingerprint density at radius 1 is 1.16 bits per heavy atom. The second kappa shape index (κ2) is 8.57. The van der Waals surface area contributed by atoms with Crippen LogP contribution in [-0.4, -0.2) is 42.0 Å². The standard InChI is InChI=1S/C21H20ClF2N3O3S/c1-26-11-21(25-13-26)31(28,29)27-9-15(12-30-17-6-7-20(24)19(22)8-17)18(10-27)14-2-4-16(23)5-3-14/h2-8,11,13,15,18H,9-10,12H2,1H3/t15-,18-/m0/s1. The number of aromatic nitrogens is 2. The van der Waals surface area contributed by atoms with E-state index in [9.17, 15) is 17.2 Å². The Morgan fingerprint density at radius 3 is 2.55 bits per heavy atom. The quantitative estimate of drug-likeness (QED) is 0.552. The summed E-state index contributed by atoms with van der Waals surface area (Å²) in [7, 11) is -2.10. The Hall–Kier alpha value is -2.49. The zero-order valence-corrected chi connectivity index (χ0v) is 18.2. The molecular formula is C21H20ClF2N3O3S. The fraction of sp³-hybridized carbons (Fsp3) is 0.286. The van der Waals surface area contributed by atoms with Gasteiger partial charge in [-0.3, -0.25) is 0 Å². The van der Waals surface area contributed by atoms with Crippen molar-refractivity contribution in [2.45, 2.75) is 10.9 Å². The molecule has 0 amide bonds. The molecule has 0 N–H and O–H groups in total. The Kier molecular flexibility index (Phi) is 6.00. The number of nitrogens with zero attached hydrogens (tertiary/aromatic N) is 3. The Morgan fingerprint density at radius 2 is 1.90 bits per heavy atom. The monoisotopic (exact) mass is 467 g/mol. The highest BCUT2D eigenvalue weighted by molar-refractivity contribution is 7.89. The predicted octanol–water partition coefficient (Wildman–Crippen LogP) is 3.84. The molecule has 164 valence electrons. The third-order valence-corrected chi connectivity index (χ3v) is 7.35. The average molecular weight is 468 g/mol. The van der Waals surface area contributed by atoms with Crippen molar-refractivity contribution in [2.75, 3.05) is 19.7 Å². The fourth-order valence-electron chi connectivity index (χ4n) is 3.71. The van der Waals surface area contributed by atoms with Crippen LogP contribution < -0.4 is 4.74 Å². The highest BCUT2D eigenvalue weighted by Gasteiger charge is 2.41. The molecule has 1 fully saturated rings. The number of imidazole rings is 1. The van der Waals surface area contributed by atoms with Gasteiger partial charge in [0, 0.05) is 44.2 Å². The second-order valence-corrected chi connectivity index (χ2v) is 9.80. The molecule has 6 nitrogen and oxygen atoms in total. The third-order valence-electron chi connectivity index (χ3n) is 5.35. The molecule has 1 aliphatic heterocycles. The number of hydrogen-bond acceptors (Lipinski definition) is 4. The Labute approximate surface area is 184 Å². The van der Waals surface area contributed by atoms with Crippen molar-refractivity contribution in [3.63, 3.8) is 0 Å². The Bertz CT molecular complexity index is 1180. The van der Waals surface area contributed by atoms with Gasteiger partial charge in [-0.05, 0) is 29.8 Å². The third kappa shape index (κ3) is 4.58. The molecule has 2 heterocycles. The van der Waals surface area contributed by atoms with Crippen molar-refractivity contribution >= 4 is 21.6 Å². The number of benzene rings is 2. The van der Waals surface area contributed by atoms with Gasteiger partial charge < -0.3 is 9.30 Å². The number of ether oxygens (including phenoxy) is 1. The summed E-state index contributed by atoms with van der Waals surface area (Å²) in [6, 6.07) is 10.1. The molecule has 3 aromatic rings. The van der Waals surface area contributed by atoms with Crippen LogP contribution in [0.15, 0.2) is 60.0 Å². The van der Waals surface area contributed by atoms with Crippen LogP contribution in [0.4, 0.5) is 8.78 Å². The number of rotatable bonds is 6. The summed E-state index contributed by atoms with van der Waals surface area (Å²) in [6.07, 6.45) is 2.88. The van der Waals surface area contributed by atoms with Crippen LogP contribution in [0.5, 0.6) is 5.75 Å². The van der Waals surface area contributed by atoms with Crippen molar-refractivity contribution < 1.29 is 21.9 Å². The van der Waals surface area contributed by atoms with Gasteiger partial charge in [-0.1, -0.05) is 23.7 Å². The molecule has 0 bridgehead atoms. The van der Waals surface area contributed by atoms with Crippen LogP contribution in [0.3, 0.4) is 0 Å². The van der Waals surface area contributed by atoms with Gasteiger partial charge in [-0.2, -0.15) is 4.31 Å². The first-order chi connectivity index (χ1) is 14.7. The highest BCUT2D eigenvalue weighted by atomic mass is 35.5. The molecule has 31 heavy (non-hydrogen) atoms. The molecule has 0 radical (unpaired) electrons. The minimum Gasteiger partial charge on any atom is -0.493 e. The molecule has 0 saturated carbocycles. The normalized spacial score (nSPS) is 19.6. The molecule has 1 saturated heterocycles. The maximum Gasteiger partial charge on any atom is 0.262 e. The number of halogens is 3. The van der Waals surface area contributed by atoms with E-state index in [0.717, 1.165) is 5.56 Å². The van der Waals surface area contributed by atoms with Crippen LogP contribution >= 0.6 is 11.6 Å². The molecule has 2 atom stereocenters. The summed E-state index contributed by atoms with van der Waals surface area (Å²) in [5, 5.41) is -0.0851. The van der Waals surface area contributed by atoms with E-state index < -0.39 is 15.8 Å². The van der Waals surface area contributed by atoms with Gasteiger partial charge >= 0.3 is 0 Å². The fourth-order valence-corrected chi connectivity index (χ4v) is 5.37. The van der Waals surface area contributed by atoms with Crippen molar-refractivity contribution in [2.24, 2.45) is 13.0 Å². The van der Waals surface area contributed by atoms with Crippen LogP contribution in [0, 0.1) is 17.6 Å². The lowest BCUT2D eigenvalue weighted by Crippen LogP contribution is -2.30. The lowest BCUT2D eigenvalue weighted by Gasteiger charge is -2.19. The first-order valence-corrected chi connectivity index (χ1v) is 11.4. The van der Waals surface area contributed by atoms with E-state index in [1.165, 1.54) is 47.2 Å². The minimum absolute atomic E-state index is 0.0280. The van der Waals surface area contributed by atoms with Crippen molar-refractivity contribution in [3.8, 4) is 5.75 Å². The molecule has 0 spiro atoms. The van der Waals surface area contributed by atoms with E-state index in [4.69, 9.17) is 16.3 Å². The minimum atomic E-state index is -3.79. The summed E-state index contributed by atoms with van der Waals surface area (Å²) in [6.45, 7) is 0.594. The van der Waals surface area contributed by atoms with E-state index in [1.807, 2.05) is 0 Å². The molecule has 1 aliphatic rings. The molecule has 0 aliphatic carbocycles. The smallest absolute Gasteiger partial charge is 0.262 e. The van der Waals surface area contributed by atoms with Crippen LogP contribution in [0.25, 0.3) is 0 Å². The van der Waals surface area contributed by atoms with E-state index in [0.29, 0.717) is 5.75 Å². The molecule has 4 rings (SSSR count). The highest BCUT2D eigenvalue weighted by Crippen LogP contribution is 2.36. The molecule has 2 aromatic carbocycles. The Balaban J connectivity index is 1.58. The summed E-state index contributed by atoms with van der Waals surface area (Å²) >= 11 is 5.81. The van der Waals surface area contributed by atoms with Crippen LogP contribution in [-0.2, 0) is 17.1 Å². The van der Waals surface area contributed by atoms with E-state index >= 15 is 0 Å². The molecular weight excluding hydrogens is 448 g/mol. The van der Waals surface area contributed by atoms with Gasteiger partial charge in [0.2, 0.25) is 0 Å².